The van der Waals surface area contributed by atoms with Crippen molar-refractivity contribution in [3.8, 4) is 0 Å². The lowest BCUT2D eigenvalue weighted by atomic mass is 9.93. The third kappa shape index (κ3) is 4.06. The second-order valence-corrected chi connectivity index (χ2v) is 5.59. The molecule has 0 aromatic heterocycles. The lowest BCUT2D eigenvalue weighted by molar-refractivity contribution is -0.120. The van der Waals surface area contributed by atoms with E-state index in [4.69, 9.17) is 0 Å². The molecule has 0 radical (unpaired) electrons. The molecule has 1 aromatic carbocycles. The number of carbonyl (C=O) groups excluding carboxylic acids is 1. The number of rotatable bonds is 4. The monoisotopic (exact) mass is 260 g/mol. The molecule has 3 nitrogen and oxygen atoms in total. The maximum atomic E-state index is 12.0. The summed E-state index contributed by atoms with van der Waals surface area (Å²) in [6.07, 6.45) is 2.98. The molecule has 0 aliphatic carbocycles. The van der Waals surface area contributed by atoms with E-state index in [1.54, 1.807) is 0 Å². The smallest absolute Gasteiger partial charge is 0.224 e. The Labute approximate surface area is 115 Å². The molecule has 0 saturated carbocycles. The van der Waals surface area contributed by atoms with Crippen molar-refractivity contribution in [2.24, 2.45) is 5.92 Å². The van der Waals surface area contributed by atoms with Gasteiger partial charge in [-0.25, -0.2) is 0 Å². The predicted molar refractivity (Wildman–Crippen MR) is 78.1 cm³/mol. The average Bonchev–Trinajstić information content (AvgIpc) is 2.40. The predicted octanol–water partition coefficient (Wildman–Crippen LogP) is 2.04. The van der Waals surface area contributed by atoms with Gasteiger partial charge in [0.05, 0.1) is 6.42 Å². The van der Waals surface area contributed by atoms with E-state index < -0.39 is 0 Å². The average molecular weight is 260 g/mol. The molecule has 2 N–H and O–H groups in total. The summed E-state index contributed by atoms with van der Waals surface area (Å²) < 4.78 is 0. The standard InChI is InChI=1S/C16H24N2O/c1-12-6-3-4-8-14(12)10-16(19)18-11-15-13(2)7-5-9-17-15/h3-4,6,8,13,15,17H,5,7,9-11H2,1-2H3,(H,18,19). The van der Waals surface area contributed by atoms with Crippen LogP contribution in [-0.4, -0.2) is 25.0 Å². The lowest BCUT2D eigenvalue weighted by Crippen LogP contribution is -2.48. The Morgan fingerprint density at radius 2 is 2.21 bits per heavy atom. The summed E-state index contributed by atoms with van der Waals surface area (Å²) in [6.45, 7) is 6.12. The van der Waals surface area contributed by atoms with Gasteiger partial charge in [-0.3, -0.25) is 4.79 Å². The molecule has 3 heteroatoms. The summed E-state index contributed by atoms with van der Waals surface area (Å²) >= 11 is 0. The lowest BCUT2D eigenvalue weighted by Gasteiger charge is -2.30. The number of piperidine rings is 1. The van der Waals surface area contributed by atoms with Gasteiger partial charge in [-0.15, -0.1) is 0 Å². The highest BCUT2D eigenvalue weighted by molar-refractivity contribution is 5.78. The quantitative estimate of drug-likeness (QED) is 0.870. The van der Waals surface area contributed by atoms with E-state index in [0.717, 1.165) is 18.7 Å². The van der Waals surface area contributed by atoms with Gasteiger partial charge in [0.15, 0.2) is 0 Å². The van der Waals surface area contributed by atoms with Crippen LogP contribution in [0, 0.1) is 12.8 Å². The van der Waals surface area contributed by atoms with E-state index in [1.165, 1.54) is 18.4 Å². The van der Waals surface area contributed by atoms with Crippen molar-refractivity contribution >= 4 is 5.91 Å². The second kappa shape index (κ2) is 6.71. The zero-order valence-electron chi connectivity index (χ0n) is 11.9. The van der Waals surface area contributed by atoms with E-state index in [1.807, 2.05) is 31.2 Å². The van der Waals surface area contributed by atoms with Gasteiger partial charge in [0.2, 0.25) is 5.91 Å². The van der Waals surface area contributed by atoms with Crippen LogP contribution in [-0.2, 0) is 11.2 Å². The molecule has 1 saturated heterocycles. The minimum atomic E-state index is 0.119. The van der Waals surface area contributed by atoms with Crippen molar-refractivity contribution in [2.45, 2.75) is 39.2 Å². The number of benzene rings is 1. The fourth-order valence-corrected chi connectivity index (χ4v) is 2.65. The van der Waals surface area contributed by atoms with Crippen LogP contribution in [0.5, 0.6) is 0 Å². The maximum absolute atomic E-state index is 12.0. The number of amides is 1. The van der Waals surface area contributed by atoms with Crippen molar-refractivity contribution in [1.29, 1.82) is 0 Å². The molecule has 2 atom stereocenters. The molecule has 104 valence electrons. The highest BCUT2D eigenvalue weighted by Crippen LogP contribution is 2.14. The first-order valence-corrected chi connectivity index (χ1v) is 7.21. The maximum Gasteiger partial charge on any atom is 0.224 e. The minimum Gasteiger partial charge on any atom is -0.354 e. The Morgan fingerprint density at radius 3 is 2.95 bits per heavy atom. The summed E-state index contributed by atoms with van der Waals surface area (Å²) in [5.41, 5.74) is 2.30. The van der Waals surface area contributed by atoms with Crippen molar-refractivity contribution < 1.29 is 4.79 Å². The summed E-state index contributed by atoms with van der Waals surface area (Å²) in [4.78, 5) is 12.0. The molecule has 1 aromatic rings. The summed E-state index contributed by atoms with van der Waals surface area (Å²) in [5, 5.41) is 6.54. The van der Waals surface area contributed by atoms with Crippen LogP contribution in [0.1, 0.15) is 30.9 Å². The number of nitrogens with one attached hydrogen (secondary N) is 2. The minimum absolute atomic E-state index is 0.119. The van der Waals surface area contributed by atoms with Crippen molar-refractivity contribution in [3.05, 3.63) is 35.4 Å². The number of carbonyl (C=O) groups is 1. The van der Waals surface area contributed by atoms with Crippen LogP contribution >= 0.6 is 0 Å². The topological polar surface area (TPSA) is 41.1 Å². The van der Waals surface area contributed by atoms with Crippen molar-refractivity contribution in [1.82, 2.24) is 10.6 Å². The van der Waals surface area contributed by atoms with Crippen LogP contribution < -0.4 is 10.6 Å². The Kier molecular flexibility index (Phi) is 4.97. The third-order valence-corrected chi connectivity index (χ3v) is 4.06. The first-order chi connectivity index (χ1) is 9.16. The van der Waals surface area contributed by atoms with Crippen LogP contribution in [0.3, 0.4) is 0 Å². The number of hydrogen-bond donors (Lipinski definition) is 2. The van der Waals surface area contributed by atoms with E-state index >= 15 is 0 Å². The molecule has 2 rings (SSSR count). The van der Waals surface area contributed by atoms with Crippen LogP contribution in [0.4, 0.5) is 0 Å². The van der Waals surface area contributed by atoms with Crippen LogP contribution in [0.15, 0.2) is 24.3 Å². The molecule has 1 aliphatic heterocycles. The molecule has 19 heavy (non-hydrogen) atoms. The normalized spacial score (nSPS) is 23.1. The Hall–Kier alpha value is -1.35. The van der Waals surface area contributed by atoms with Crippen molar-refractivity contribution in [2.75, 3.05) is 13.1 Å². The van der Waals surface area contributed by atoms with Gasteiger partial charge >= 0.3 is 0 Å². The molecular weight excluding hydrogens is 236 g/mol. The van der Waals surface area contributed by atoms with Crippen LogP contribution in [0.25, 0.3) is 0 Å². The molecule has 0 bridgehead atoms. The van der Waals surface area contributed by atoms with Crippen molar-refractivity contribution in [3.63, 3.8) is 0 Å². The van der Waals surface area contributed by atoms with Gasteiger partial charge in [0.1, 0.15) is 0 Å². The summed E-state index contributed by atoms with van der Waals surface area (Å²) in [5.74, 6) is 0.765. The SMILES string of the molecule is Cc1ccccc1CC(=O)NCC1NCCCC1C. The molecule has 1 amide bonds. The number of hydrogen-bond acceptors (Lipinski definition) is 2. The van der Waals surface area contributed by atoms with E-state index in [-0.39, 0.29) is 5.91 Å². The highest BCUT2D eigenvalue weighted by Gasteiger charge is 2.20. The summed E-state index contributed by atoms with van der Waals surface area (Å²) in [6, 6.07) is 8.49. The van der Waals surface area contributed by atoms with E-state index in [0.29, 0.717) is 18.4 Å². The summed E-state index contributed by atoms with van der Waals surface area (Å²) in [7, 11) is 0. The number of aryl methyl sites for hydroxylation is 1. The van der Waals surface area contributed by atoms with Gasteiger partial charge in [0, 0.05) is 12.6 Å². The van der Waals surface area contributed by atoms with Gasteiger partial charge in [-0.1, -0.05) is 31.2 Å². The zero-order chi connectivity index (χ0) is 13.7. The largest absolute Gasteiger partial charge is 0.354 e. The van der Waals surface area contributed by atoms with Gasteiger partial charge in [-0.2, -0.15) is 0 Å². The molecule has 2 unspecified atom stereocenters. The van der Waals surface area contributed by atoms with Gasteiger partial charge < -0.3 is 10.6 Å². The molecule has 1 fully saturated rings. The first-order valence-electron chi connectivity index (χ1n) is 7.21. The molecule has 1 heterocycles. The van der Waals surface area contributed by atoms with E-state index in [9.17, 15) is 4.79 Å². The Morgan fingerprint density at radius 1 is 1.42 bits per heavy atom. The second-order valence-electron chi connectivity index (χ2n) is 5.59. The third-order valence-electron chi connectivity index (χ3n) is 4.06. The van der Waals surface area contributed by atoms with Gasteiger partial charge in [0.25, 0.3) is 0 Å². The zero-order valence-corrected chi connectivity index (χ0v) is 11.9. The molecule has 0 spiro atoms. The Balaban J connectivity index is 1.80. The molecule has 1 aliphatic rings. The van der Waals surface area contributed by atoms with Gasteiger partial charge in [-0.05, 0) is 43.4 Å². The Bertz CT molecular complexity index is 431. The fourth-order valence-electron chi connectivity index (χ4n) is 2.65. The highest BCUT2D eigenvalue weighted by atomic mass is 16.1. The fraction of sp³-hybridized carbons (Fsp3) is 0.562. The van der Waals surface area contributed by atoms with E-state index in [2.05, 4.69) is 17.6 Å². The van der Waals surface area contributed by atoms with Crippen LogP contribution in [0.2, 0.25) is 0 Å². The molecular formula is C16H24N2O. The first kappa shape index (κ1) is 14.1.